The molecule has 2 nitrogen and oxygen atoms in total. The van der Waals surface area contributed by atoms with Crippen LogP contribution in [0.1, 0.15) is 13.3 Å². The van der Waals surface area contributed by atoms with Crippen molar-refractivity contribution in [3.05, 3.63) is 22.2 Å². The molecular formula is C7H8Cl2O2. The van der Waals surface area contributed by atoms with E-state index in [-0.39, 0.29) is 10.1 Å². The van der Waals surface area contributed by atoms with E-state index >= 15 is 0 Å². The first kappa shape index (κ1) is 10.5. The summed E-state index contributed by atoms with van der Waals surface area (Å²) in [5.41, 5.74) is 0.281. The third kappa shape index (κ3) is 4.87. The fraction of sp³-hybridized carbons (Fsp3) is 0.286. The molecule has 0 heterocycles. The predicted octanol–water partition coefficient (Wildman–Crippen LogP) is 2.73. The van der Waals surface area contributed by atoms with Crippen molar-refractivity contribution < 1.29 is 9.90 Å². The largest absolute Gasteiger partial charge is 0.478 e. The van der Waals surface area contributed by atoms with E-state index < -0.39 is 5.97 Å². The number of aliphatic carboxylic acids is 1. The van der Waals surface area contributed by atoms with Crippen LogP contribution < -0.4 is 0 Å². The molecule has 0 spiro atoms. The Morgan fingerprint density at radius 1 is 1.45 bits per heavy atom. The van der Waals surface area contributed by atoms with Gasteiger partial charge in [0, 0.05) is 5.57 Å². The lowest BCUT2D eigenvalue weighted by molar-refractivity contribution is -0.132. The van der Waals surface area contributed by atoms with Crippen molar-refractivity contribution in [1.29, 1.82) is 0 Å². The number of hydrogen-bond donors (Lipinski definition) is 1. The second-order valence-corrected chi connectivity index (χ2v) is 2.81. The summed E-state index contributed by atoms with van der Waals surface area (Å²) in [6.45, 7) is 1.75. The lowest BCUT2D eigenvalue weighted by atomic mass is 10.2. The molecule has 0 aromatic rings. The quantitative estimate of drug-likeness (QED) is 0.555. The van der Waals surface area contributed by atoms with Crippen molar-refractivity contribution in [2.45, 2.75) is 13.3 Å². The zero-order valence-electron chi connectivity index (χ0n) is 5.97. The van der Waals surface area contributed by atoms with E-state index in [4.69, 9.17) is 28.3 Å². The van der Waals surface area contributed by atoms with Crippen molar-refractivity contribution in [3.8, 4) is 0 Å². The van der Waals surface area contributed by atoms with Crippen molar-refractivity contribution >= 4 is 29.2 Å². The van der Waals surface area contributed by atoms with Gasteiger partial charge in [0.15, 0.2) is 0 Å². The normalized spacial score (nSPS) is 11.0. The maximum absolute atomic E-state index is 10.4. The van der Waals surface area contributed by atoms with E-state index in [0.29, 0.717) is 6.42 Å². The average Bonchev–Trinajstić information content (AvgIpc) is 1.87. The smallest absolute Gasteiger partial charge is 0.331 e. The van der Waals surface area contributed by atoms with Crippen LogP contribution in [-0.2, 0) is 4.79 Å². The molecule has 4 heteroatoms. The molecule has 62 valence electrons. The molecule has 0 bridgehead atoms. The van der Waals surface area contributed by atoms with Gasteiger partial charge in [-0.3, -0.25) is 0 Å². The zero-order valence-corrected chi connectivity index (χ0v) is 7.49. The summed E-state index contributed by atoms with van der Waals surface area (Å²) in [5, 5.41) is 8.50. The lowest BCUT2D eigenvalue weighted by Gasteiger charge is -1.92. The van der Waals surface area contributed by atoms with Gasteiger partial charge in [0.2, 0.25) is 0 Å². The van der Waals surface area contributed by atoms with E-state index in [9.17, 15) is 4.79 Å². The van der Waals surface area contributed by atoms with Crippen LogP contribution in [0.25, 0.3) is 0 Å². The highest BCUT2D eigenvalue weighted by Crippen LogP contribution is 2.08. The number of hydrogen-bond acceptors (Lipinski definition) is 1. The number of allylic oxidation sites excluding steroid dienone is 2. The first-order valence-electron chi connectivity index (χ1n) is 3.03. The van der Waals surface area contributed by atoms with Crippen LogP contribution in [0.4, 0.5) is 0 Å². The molecule has 0 amide bonds. The number of carboxylic acid groups (broad SMARTS) is 1. The topological polar surface area (TPSA) is 37.3 Å². The minimum Gasteiger partial charge on any atom is -0.478 e. The third-order valence-corrected chi connectivity index (χ3v) is 1.32. The number of carboxylic acids is 1. The Hall–Kier alpha value is -0.470. The van der Waals surface area contributed by atoms with Gasteiger partial charge in [0.1, 0.15) is 4.49 Å². The minimum atomic E-state index is -0.946. The first-order chi connectivity index (χ1) is 5.07. The monoisotopic (exact) mass is 194 g/mol. The van der Waals surface area contributed by atoms with E-state index in [0.717, 1.165) is 0 Å². The molecular weight excluding hydrogens is 187 g/mol. The van der Waals surface area contributed by atoms with Gasteiger partial charge in [-0.2, -0.15) is 0 Å². The van der Waals surface area contributed by atoms with Crippen LogP contribution in [0.2, 0.25) is 0 Å². The van der Waals surface area contributed by atoms with Crippen LogP contribution >= 0.6 is 23.2 Å². The van der Waals surface area contributed by atoms with Gasteiger partial charge >= 0.3 is 5.97 Å². The Morgan fingerprint density at radius 2 is 2.00 bits per heavy atom. The minimum absolute atomic E-state index is 0.0530. The molecule has 0 fully saturated rings. The Balaban J connectivity index is 4.37. The van der Waals surface area contributed by atoms with Gasteiger partial charge in [0.05, 0.1) is 0 Å². The molecule has 0 aliphatic rings. The molecule has 0 saturated carbocycles. The highest BCUT2D eigenvalue weighted by Gasteiger charge is 2.01. The molecule has 11 heavy (non-hydrogen) atoms. The number of rotatable bonds is 3. The molecule has 0 aromatic heterocycles. The van der Waals surface area contributed by atoms with E-state index in [1.807, 2.05) is 0 Å². The standard InChI is InChI=1S/C7H8Cl2O2/c1-2-5(7(10)11)3-4-6(8)9/h3-4H,2H2,1H3,(H,10,11). The Kier molecular flexibility index (Phi) is 4.99. The molecule has 0 aliphatic carbocycles. The van der Waals surface area contributed by atoms with Gasteiger partial charge in [-0.25, -0.2) is 4.79 Å². The highest BCUT2D eigenvalue weighted by molar-refractivity contribution is 6.56. The second kappa shape index (κ2) is 5.22. The van der Waals surface area contributed by atoms with Gasteiger partial charge in [-0.05, 0) is 18.6 Å². The summed E-state index contributed by atoms with van der Waals surface area (Å²) in [5.74, 6) is -0.946. The van der Waals surface area contributed by atoms with Gasteiger partial charge in [-0.1, -0.05) is 30.1 Å². The molecule has 1 N–H and O–H groups in total. The number of carbonyl (C=O) groups is 1. The average molecular weight is 195 g/mol. The van der Waals surface area contributed by atoms with E-state index in [2.05, 4.69) is 0 Å². The molecule has 0 saturated heterocycles. The van der Waals surface area contributed by atoms with Gasteiger partial charge < -0.3 is 5.11 Å². The van der Waals surface area contributed by atoms with E-state index in [1.165, 1.54) is 12.2 Å². The van der Waals surface area contributed by atoms with Crippen LogP contribution in [0.5, 0.6) is 0 Å². The SMILES string of the molecule is CCC(=CC=C(Cl)Cl)C(=O)O. The molecule has 0 aromatic carbocycles. The zero-order chi connectivity index (χ0) is 8.85. The molecule has 0 aliphatic heterocycles. The molecule has 0 rings (SSSR count). The third-order valence-electron chi connectivity index (χ3n) is 1.07. The summed E-state index contributed by atoms with van der Waals surface area (Å²) in [7, 11) is 0. The summed E-state index contributed by atoms with van der Waals surface area (Å²) < 4.78 is 0.0530. The molecule has 0 radical (unpaired) electrons. The van der Waals surface area contributed by atoms with Gasteiger partial charge in [-0.15, -0.1) is 0 Å². The second-order valence-electron chi connectivity index (χ2n) is 1.81. The summed E-state index contributed by atoms with van der Waals surface area (Å²) in [6, 6.07) is 0. The highest BCUT2D eigenvalue weighted by atomic mass is 35.5. The Labute approximate surface area is 75.1 Å². The first-order valence-corrected chi connectivity index (χ1v) is 3.78. The van der Waals surface area contributed by atoms with Crippen molar-refractivity contribution in [2.75, 3.05) is 0 Å². The van der Waals surface area contributed by atoms with Crippen molar-refractivity contribution in [1.82, 2.24) is 0 Å². The summed E-state index contributed by atoms with van der Waals surface area (Å²) in [6.07, 6.45) is 3.18. The summed E-state index contributed by atoms with van der Waals surface area (Å²) in [4.78, 5) is 10.4. The van der Waals surface area contributed by atoms with Crippen LogP contribution in [-0.4, -0.2) is 11.1 Å². The Morgan fingerprint density at radius 3 is 2.27 bits per heavy atom. The van der Waals surface area contributed by atoms with Crippen LogP contribution in [0, 0.1) is 0 Å². The maximum Gasteiger partial charge on any atom is 0.331 e. The summed E-state index contributed by atoms with van der Waals surface area (Å²) >= 11 is 10.5. The van der Waals surface area contributed by atoms with Crippen molar-refractivity contribution in [3.63, 3.8) is 0 Å². The molecule has 0 atom stereocenters. The van der Waals surface area contributed by atoms with Crippen LogP contribution in [0.15, 0.2) is 22.2 Å². The lowest BCUT2D eigenvalue weighted by Crippen LogP contribution is -1.97. The number of halogens is 2. The van der Waals surface area contributed by atoms with E-state index in [1.54, 1.807) is 6.92 Å². The fourth-order valence-electron chi connectivity index (χ4n) is 0.504. The Bertz CT molecular complexity index is 202. The predicted molar refractivity (Wildman–Crippen MR) is 45.8 cm³/mol. The fourth-order valence-corrected chi connectivity index (χ4v) is 0.630. The maximum atomic E-state index is 10.4. The van der Waals surface area contributed by atoms with Crippen LogP contribution in [0.3, 0.4) is 0 Å². The van der Waals surface area contributed by atoms with Gasteiger partial charge in [0.25, 0.3) is 0 Å². The van der Waals surface area contributed by atoms with Crippen molar-refractivity contribution in [2.24, 2.45) is 0 Å². The molecule has 0 unspecified atom stereocenters.